The molecular formula is C10H20O. The normalized spacial score (nSPS) is 22.4. The van der Waals surface area contributed by atoms with Gasteiger partial charge in [-0.05, 0) is 18.3 Å². The van der Waals surface area contributed by atoms with E-state index in [4.69, 9.17) is 5.11 Å². The van der Waals surface area contributed by atoms with Crippen molar-refractivity contribution < 1.29 is 5.11 Å². The third kappa shape index (κ3) is 2.82. The van der Waals surface area contributed by atoms with Crippen LogP contribution in [0.3, 0.4) is 0 Å². The molecule has 1 fully saturated rings. The van der Waals surface area contributed by atoms with Crippen LogP contribution >= 0.6 is 0 Å². The number of rotatable bonds is 4. The van der Waals surface area contributed by atoms with Crippen molar-refractivity contribution in [1.82, 2.24) is 0 Å². The van der Waals surface area contributed by atoms with Gasteiger partial charge in [0.15, 0.2) is 0 Å². The van der Waals surface area contributed by atoms with E-state index in [0.717, 1.165) is 12.3 Å². The molecule has 0 bridgehead atoms. The predicted octanol–water partition coefficient (Wildman–Crippen LogP) is 2.59. The van der Waals surface area contributed by atoms with Crippen molar-refractivity contribution in [2.24, 2.45) is 11.8 Å². The lowest BCUT2D eigenvalue weighted by molar-refractivity contribution is 0.197. The maximum Gasteiger partial charge on any atom is 0.0459 e. The minimum atomic E-state index is 0.396. The van der Waals surface area contributed by atoms with Crippen LogP contribution in [0.2, 0.25) is 0 Å². The van der Waals surface area contributed by atoms with E-state index >= 15 is 0 Å². The molecule has 0 heterocycles. The van der Waals surface area contributed by atoms with Crippen molar-refractivity contribution in [2.75, 3.05) is 6.61 Å². The summed E-state index contributed by atoms with van der Waals surface area (Å²) in [5.41, 5.74) is 0. The zero-order chi connectivity index (χ0) is 8.10. The highest BCUT2D eigenvalue weighted by Gasteiger charge is 2.18. The van der Waals surface area contributed by atoms with Gasteiger partial charge in [0.25, 0.3) is 0 Å². The highest BCUT2D eigenvalue weighted by molar-refractivity contribution is 4.70. The summed E-state index contributed by atoms with van der Waals surface area (Å²) in [5, 5.41) is 8.99. The molecule has 0 aromatic carbocycles. The summed E-state index contributed by atoms with van der Waals surface area (Å²) >= 11 is 0. The van der Waals surface area contributed by atoms with Gasteiger partial charge in [-0.25, -0.2) is 0 Å². The fraction of sp³-hybridized carbons (Fsp3) is 1.00. The van der Waals surface area contributed by atoms with Crippen LogP contribution in [0.25, 0.3) is 0 Å². The second-order valence-electron chi connectivity index (χ2n) is 3.84. The Morgan fingerprint density at radius 3 is 2.45 bits per heavy atom. The van der Waals surface area contributed by atoms with Gasteiger partial charge in [-0.15, -0.1) is 0 Å². The second-order valence-corrected chi connectivity index (χ2v) is 3.84. The molecule has 1 heteroatoms. The summed E-state index contributed by atoms with van der Waals surface area (Å²) in [5.74, 6) is 1.52. The van der Waals surface area contributed by atoms with Crippen molar-refractivity contribution in [3.8, 4) is 0 Å². The Bertz CT molecular complexity index is 91.0. The van der Waals surface area contributed by atoms with Crippen LogP contribution in [0, 0.1) is 11.8 Å². The van der Waals surface area contributed by atoms with Crippen molar-refractivity contribution in [3.05, 3.63) is 0 Å². The van der Waals surface area contributed by atoms with E-state index in [0.29, 0.717) is 12.5 Å². The summed E-state index contributed by atoms with van der Waals surface area (Å²) in [6.07, 6.45) is 8.09. The van der Waals surface area contributed by atoms with Crippen LogP contribution in [-0.2, 0) is 0 Å². The van der Waals surface area contributed by atoms with E-state index < -0.39 is 0 Å². The molecule has 66 valence electrons. The molecule has 0 saturated heterocycles. The van der Waals surface area contributed by atoms with Crippen LogP contribution in [0.5, 0.6) is 0 Å². The summed E-state index contributed by atoms with van der Waals surface area (Å²) in [6.45, 7) is 2.57. The SMILES string of the molecule is CCC(CO)CC1CCCC1. The lowest BCUT2D eigenvalue weighted by Crippen LogP contribution is -2.09. The Labute approximate surface area is 69.8 Å². The fourth-order valence-corrected chi connectivity index (χ4v) is 2.09. The van der Waals surface area contributed by atoms with Gasteiger partial charge < -0.3 is 5.11 Å². The van der Waals surface area contributed by atoms with Crippen LogP contribution in [0.15, 0.2) is 0 Å². The molecule has 1 aliphatic rings. The minimum absolute atomic E-state index is 0.396. The molecule has 0 aromatic heterocycles. The Morgan fingerprint density at radius 2 is 2.00 bits per heavy atom. The van der Waals surface area contributed by atoms with Crippen LogP contribution in [0.1, 0.15) is 45.4 Å². The first-order chi connectivity index (χ1) is 5.36. The molecule has 0 aromatic rings. The zero-order valence-electron chi connectivity index (χ0n) is 7.55. The quantitative estimate of drug-likeness (QED) is 0.663. The number of aliphatic hydroxyl groups excluding tert-OH is 1. The third-order valence-corrected chi connectivity index (χ3v) is 2.98. The molecule has 1 aliphatic carbocycles. The topological polar surface area (TPSA) is 20.2 Å². The first-order valence-corrected chi connectivity index (χ1v) is 4.97. The predicted molar refractivity (Wildman–Crippen MR) is 47.4 cm³/mol. The van der Waals surface area contributed by atoms with Crippen molar-refractivity contribution >= 4 is 0 Å². The average molecular weight is 156 g/mol. The highest BCUT2D eigenvalue weighted by atomic mass is 16.3. The van der Waals surface area contributed by atoms with Crippen LogP contribution < -0.4 is 0 Å². The summed E-state index contributed by atoms with van der Waals surface area (Å²) in [6, 6.07) is 0. The summed E-state index contributed by atoms with van der Waals surface area (Å²) in [7, 11) is 0. The smallest absolute Gasteiger partial charge is 0.0459 e. The van der Waals surface area contributed by atoms with Crippen molar-refractivity contribution in [2.45, 2.75) is 45.4 Å². The molecule has 1 nitrogen and oxygen atoms in total. The molecular weight excluding hydrogens is 136 g/mol. The second kappa shape index (κ2) is 4.76. The van der Waals surface area contributed by atoms with Gasteiger partial charge in [0, 0.05) is 6.61 Å². The van der Waals surface area contributed by atoms with E-state index in [9.17, 15) is 0 Å². The molecule has 1 N–H and O–H groups in total. The largest absolute Gasteiger partial charge is 0.396 e. The van der Waals surface area contributed by atoms with Gasteiger partial charge >= 0.3 is 0 Å². The number of hydrogen-bond donors (Lipinski definition) is 1. The summed E-state index contributed by atoms with van der Waals surface area (Å²) in [4.78, 5) is 0. The Balaban J connectivity index is 2.16. The average Bonchev–Trinajstić information content (AvgIpc) is 2.52. The minimum Gasteiger partial charge on any atom is -0.396 e. The van der Waals surface area contributed by atoms with Gasteiger partial charge in [0.05, 0.1) is 0 Å². The van der Waals surface area contributed by atoms with Gasteiger partial charge in [0.1, 0.15) is 0 Å². The lowest BCUT2D eigenvalue weighted by Gasteiger charge is -2.15. The molecule has 11 heavy (non-hydrogen) atoms. The van der Waals surface area contributed by atoms with E-state index in [-0.39, 0.29) is 0 Å². The van der Waals surface area contributed by atoms with Crippen LogP contribution in [0.4, 0.5) is 0 Å². The standard InChI is InChI=1S/C10H20O/c1-2-9(8-11)7-10-5-3-4-6-10/h9-11H,2-8H2,1H3. The maximum absolute atomic E-state index is 8.99. The maximum atomic E-state index is 8.99. The van der Waals surface area contributed by atoms with E-state index in [1.807, 2.05) is 0 Å². The molecule has 1 saturated carbocycles. The molecule has 0 amide bonds. The van der Waals surface area contributed by atoms with E-state index in [2.05, 4.69) is 6.92 Å². The van der Waals surface area contributed by atoms with Gasteiger partial charge in [-0.2, -0.15) is 0 Å². The molecule has 0 radical (unpaired) electrons. The molecule has 1 unspecified atom stereocenters. The monoisotopic (exact) mass is 156 g/mol. The van der Waals surface area contributed by atoms with E-state index in [1.165, 1.54) is 32.1 Å². The number of aliphatic hydroxyl groups is 1. The highest BCUT2D eigenvalue weighted by Crippen LogP contribution is 2.30. The Kier molecular flexibility index (Phi) is 3.92. The summed E-state index contributed by atoms with van der Waals surface area (Å²) < 4.78 is 0. The lowest BCUT2D eigenvalue weighted by atomic mass is 9.92. The third-order valence-electron chi connectivity index (χ3n) is 2.98. The number of hydrogen-bond acceptors (Lipinski definition) is 1. The molecule has 0 spiro atoms. The van der Waals surface area contributed by atoms with E-state index in [1.54, 1.807) is 0 Å². The van der Waals surface area contributed by atoms with Gasteiger partial charge in [0.2, 0.25) is 0 Å². The van der Waals surface area contributed by atoms with Crippen LogP contribution in [-0.4, -0.2) is 11.7 Å². The van der Waals surface area contributed by atoms with Gasteiger partial charge in [-0.1, -0.05) is 39.0 Å². The Morgan fingerprint density at radius 1 is 1.36 bits per heavy atom. The first kappa shape index (κ1) is 9.05. The van der Waals surface area contributed by atoms with Gasteiger partial charge in [-0.3, -0.25) is 0 Å². The zero-order valence-corrected chi connectivity index (χ0v) is 7.55. The molecule has 1 rings (SSSR count). The fourth-order valence-electron chi connectivity index (χ4n) is 2.09. The molecule has 0 aliphatic heterocycles. The Hall–Kier alpha value is -0.0400. The van der Waals surface area contributed by atoms with Crippen molar-refractivity contribution in [3.63, 3.8) is 0 Å². The first-order valence-electron chi connectivity index (χ1n) is 4.97. The van der Waals surface area contributed by atoms with Crippen molar-refractivity contribution in [1.29, 1.82) is 0 Å². The molecule has 1 atom stereocenters.